The molecule has 3 aromatic carbocycles. The highest BCUT2D eigenvalue weighted by molar-refractivity contribution is 5.95. The Balaban J connectivity index is 1.43. The summed E-state index contributed by atoms with van der Waals surface area (Å²) in [7, 11) is 4.26. The fourth-order valence-corrected chi connectivity index (χ4v) is 4.98. The van der Waals surface area contributed by atoms with Gasteiger partial charge in [0.2, 0.25) is 0 Å². The van der Waals surface area contributed by atoms with Gasteiger partial charge < -0.3 is 20.5 Å². The van der Waals surface area contributed by atoms with E-state index in [-0.39, 0.29) is 0 Å². The van der Waals surface area contributed by atoms with E-state index in [9.17, 15) is 0 Å². The summed E-state index contributed by atoms with van der Waals surface area (Å²) in [5.41, 5.74) is 15.0. The van der Waals surface area contributed by atoms with E-state index in [1.54, 1.807) is 0 Å². The molecule has 0 aliphatic heterocycles. The van der Waals surface area contributed by atoms with Crippen molar-refractivity contribution in [3.05, 3.63) is 114 Å². The SMILES string of the molecule is CN(C)CCCCNCc1ccc(-c2cc(-c3ccc(CN)cc3)nc3c2ccn3Cc2ccccc2)cc1. The van der Waals surface area contributed by atoms with Crippen molar-refractivity contribution in [1.82, 2.24) is 19.8 Å². The van der Waals surface area contributed by atoms with Gasteiger partial charge in [-0.15, -0.1) is 0 Å². The van der Waals surface area contributed by atoms with Crippen LogP contribution in [0.4, 0.5) is 0 Å². The van der Waals surface area contributed by atoms with E-state index in [2.05, 4.69) is 126 Å². The molecule has 5 rings (SSSR count). The van der Waals surface area contributed by atoms with Gasteiger partial charge in [-0.05, 0) is 80.0 Å². The standard InChI is InChI=1S/C34H39N5/c1-38(2)20-7-6-19-36-24-27-12-14-29(15-13-27)32-22-33(30-16-10-26(23-35)11-17-30)37-34-31(32)18-21-39(34)25-28-8-4-3-5-9-28/h3-5,8-18,21-22,36H,6-7,19-20,23-25,35H2,1-2H3. The minimum atomic E-state index is 0.537. The Morgan fingerprint density at radius 1 is 0.795 bits per heavy atom. The lowest BCUT2D eigenvalue weighted by Gasteiger charge is -2.12. The summed E-state index contributed by atoms with van der Waals surface area (Å²) in [4.78, 5) is 7.40. The molecule has 0 atom stereocenters. The second-order valence-corrected chi connectivity index (χ2v) is 10.5. The number of nitrogens with one attached hydrogen (secondary N) is 1. The second-order valence-electron chi connectivity index (χ2n) is 10.5. The van der Waals surface area contributed by atoms with Crippen LogP contribution < -0.4 is 11.1 Å². The van der Waals surface area contributed by atoms with Gasteiger partial charge in [-0.1, -0.05) is 78.9 Å². The molecule has 3 N–H and O–H groups in total. The third-order valence-corrected chi connectivity index (χ3v) is 7.22. The predicted octanol–water partition coefficient (Wildman–Crippen LogP) is 6.31. The lowest BCUT2D eigenvalue weighted by atomic mass is 9.99. The largest absolute Gasteiger partial charge is 0.328 e. The van der Waals surface area contributed by atoms with Gasteiger partial charge in [-0.2, -0.15) is 0 Å². The Labute approximate surface area is 232 Å². The molecule has 0 amide bonds. The van der Waals surface area contributed by atoms with Gasteiger partial charge in [-0.3, -0.25) is 0 Å². The number of hydrogen-bond donors (Lipinski definition) is 2. The van der Waals surface area contributed by atoms with Crippen LogP contribution in [0.25, 0.3) is 33.4 Å². The third-order valence-electron chi connectivity index (χ3n) is 7.22. The molecule has 0 saturated carbocycles. The van der Waals surface area contributed by atoms with Crippen molar-refractivity contribution in [2.45, 2.75) is 32.5 Å². The number of rotatable bonds is 12. The van der Waals surface area contributed by atoms with Crippen LogP contribution in [0, 0.1) is 0 Å². The average molecular weight is 518 g/mol. The first-order valence-corrected chi connectivity index (χ1v) is 13.9. The van der Waals surface area contributed by atoms with E-state index in [4.69, 9.17) is 10.7 Å². The van der Waals surface area contributed by atoms with Crippen LogP contribution in [0.1, 0.15) is 29.5 Å². The van der Waals surface area contributed by atoms with Crippen LogP contribution in [0.5, 0.6) is 0 Å². The zero-order chi connectivity index (χ0) is 27.0. The first-order chi connectivity index (χ1) is 19.1. The molecule has 2 aromatic heterocycles. The van der Waals surface area contributed by atoms with E-state index in [1.807, 2.05) is 0 Å². The van der Waals surface area contributed by atoms with Crippen molar-refractivity contribution in [3.8, 4) is 22.4 Å². The van der Waals surface area contributed by atoms with E-state index < -0.39 is 0 Å². The summed E-state index contributed by atoms with van der Waals surface area (Å²) in [6.45, 7) is 4.39. The number of nitrogens with two attached hydrogens (primary N) is 1. The van der Waals surface area contributed by atoms with E-state index in [0.717, 1.165) is 48.6 Å². The summed E-state index contributed by atoms with van der Waals surface area (Å²) in [5, 5.41) is 4.76. The maximum atomic E-state index is 5.84. The van der Waals surface area contributed by atoms with Crippen LogP contribution in [-0.2, 0) is 19.6 Å². The number of benzene rings is 3. The smallest absolute Gasteiger partial charge is 0.141 e. The molecule has 0 aliphatic carbocycles. The molecule has 5 heteroatoms. The molecule has 0 spiro atoms. The number of hydrogen-bond acceptors (Lipinski definition) is 4. The van der Waals surface area contributed by atoms with Crippen molar-refractivity contribution in [3.63, 3.8) is 0 Å². The monoisotopic (exact) mass is 517 g/mol. The van der Waals surface area contributed by atoms with Gasteiger partial charge in [0.05, 0.1) is 5.69 Å². The number of unbranched alkanes of at least 4 members (excludes halogenated alkanes) is 1. The topological polar surface area (TPSA) is 59.1 Å². The highest BCUT2D eigenvalue weighted by atomic mass is 15.0. The van der Waals surface area contributed by atoms with Gasteiger partial charge in [0.25, 0.3) is 0 Å². The molecule has 5 aromatic rings. The lowest BCUT2D eigenvalue weighted by Crippen LogP contribution is -2.18. The molecule has 39 heavy (non-hydrogen) atoms. The predicted molar refractivity (Wildman–Crippen MR) is 164 cm³/mol. The Morgan fingerprint density at radius 2 is 1.51 bits per heavy atom. The summed E-state index contributed by atoms with van der Waals surface area (Å²) in [5.74, 6) is 0. The van der Waals surface area contributed by atoms with Gasteiger partial charge in [0.15, 0.2) is 0 Å². The number of aromatic nitrogens is 2. The molecule has 0 unspecified atom stereocenters. The molecule has 0 aliphatic rings. The first kappa shape index (κ1) is 26.8. The van der Waals surface area contributed by atoms with Crippen molar-refractivity contribution in [2.24, 2.45) is 5.73 Å². The van der Waals surface area contributed by atoms with E-state index in [1.165, 1.54) is 40.5 Å². The Morgan fingerprint density at radius 3 is 2.23 bits per heavy atom. The summed E-state index contributed by atoms with van der Waals surface area (Å²) in [6.07, 6.45) is 4.57. The maximum absolute atomic E-state index is 5.84. The highest BCUT2D eigenvalue weighted by Crippen LogP contribution is 2.33. The van der Waals surface area contributed by atoms with Gasteiger partial charge >= 0.3 is 0 Å². The van der Waals surface area contributed by atoms with Crippen LogP contribution in [0.2, 0.25) is 0 Å². The van der Waals surface area contributed by atoms with Gasteiger partial charge in [0, 0.05) is 36.8 Å². The Hall–Kier alpha value is -3.77. The normalized spacial score (nSPS) is 11.5. The first-order valence-electron chi connectivity index (χ1n) is 13.9. The zero-order valence-corrected chi connectivity index (χ0v) is 23.1. The number of nitrogens with zero attached hydrogens (tertiary/aromatic N) is 3. The molecule has 0 radical (unpaired) electrons. The molecule has 5 nitrogen and oxygen atoms in total. The Kier molecular flexibility index (Phi) is 8.84. The lowest BCUT2D eigenvalue weighted by molar-refractivity contribution is 0.391. The average Bonchev–Trinajstić information content (AvgIpc) is 3.37. The fourth-order valence-electron chi connectivity index (χ4n) is 4.98. The summed E-state index contributed by atoms with van der Waals surface area (Å²) >= 11 is 0. The van der Waals surface area contributed by atoms with Gasteiger partial charge in [0.1, 0.15) is 5.65 Å². The fraction of sp³-hybridized carbons (Fsp3) is 0.265. The van der Waals surface area contributed by atoms with E-state index >= 15 is 0 Å². The van der Waals surface area contributed by atoms with Crippen molar-refractivity contribution < 1.29 is 0 Å². The number of pyridine rings is 1. The van der Waals surface area contributed by atoms with Gasteiger partial charge in [-0.25, -0.2) is 4.98 Å². The van der Waals surface area contributed by atoms with Crippen LogP contribution in [-0.4, -0.2) is 41.6 Å². The van der Waals surface area contributed by atoms with Crippen LogP contribution in [0.15, 0.2) is 97.2 Å². The molecule has 2 heterocycles. The molecule has 200 valence electrons. The summed E-state index contributed by atoms with van der Waals surface area (Å²) < 4.78 is 2.25. The maximum Gasteiger partial charge on any atom is 0.141 e. The quantitative estimate of drug-likeness (QED) is 0.191. The van der Waals surface area contributed by atoms with Crippen LogP contribution in [0.3, 0.4) is 0 Å². The highest BCUT2D eigenvalue weighted by Gasteiger charge is 2.14. The summed E-state index contributed by atoms with van der Waals surface area (Å²) in [6, 6.07) is 32.4. The minimum absolute atomic E-state index is 0.537. The second kappa shape index (κ2) is 12.9. The third kappa shape index (κ3) is 6.82. The molecule has 0 saturated heterocycles. The number of fused-ring (bicyclic) bond motifs is 1. The van der Waals surface area contributed by atoms with Crippen LogP contribution >= 0.6 is 0 Å². The zero-order valence-electron chi connectivity index (χ0n) is 23.1. The van der Waals surface area contributed by atoms with Crippen molar-refractivity contribution >= 4 is 11.0 Å². The molecule has 0 fully saturated rings. The Bertz CT molecular complexity index is 1470. The minimum Gasteiger partial charge on any atom is -0.328 e. The molecular weight excluding hydrogens is 478 g/mol. The van der Waals surface area contributed by atoms with Crippen molar-refractivity contribution in [1.29, 1.82) is 0 Å². The molecule has 0 bridgehead atoms. The molecular formula is C34H39N5. The van der Waals surface area contributed by atoms with Crippen molar-refractivity contribution in [2.75, 3.05) is 27.2 Å². The van der Waals surface area contributed by atoms with E-state index in [0.29, 0.717) is 6.54 Å².